The predicted molar refractivity (Wildman–Crippen MR) is 112 cm³/mol. The second-order valence-electron chi connectivity index (χ2n) is 8.59. The lowest BCUT2D eigenvalue weighted by Gasteiger charge is -2.21. The fourth-order valence-electron chi connectivity index (χ4n) is 3.58. The van der Waals surface area contributed by atoms with Crippen molar-refractivity contribution in [3.8, 4) is 0 Å². The van der Waals surface area contributed by atoms with Crippen molar-refractivity contribution in [2.45, 2.75) is 66.3 Å². The molecule has 1 saturated heterocycles. The van der Waals surface area contributed by atoms with Crippen molar-refractivity contribution in [1.82, 2.24) is 20.0 Å². The number of amides is 1. The van der Waals surface area contributed by atoms with Crippen LogP contribution in [0.15, 0.2) is 9.59 Å². The zero-order valence-corrected chi connectivity index (χ0v) is 18.0. The molecule has 1 fully saturated rings. The van der Waals surface area contributed by atoms with Crippen LogP contribution in [-0.2, 0) is 24.4 Å². The predicted octanol–water partition coefficient (Wildman–Crippen LogP) is 2.03. The Balaban J connectivity index is 2.14. The molecule has 0 aliphatic carbocycles. The molecule has 1 aliphatic rings. The molecule has 2 aromatic rings. The van der Waals surface area contributed by atoms with Crippen LogP contribution in [0.5, 0.6) is 0 Å². The third-order valence-corrected chi connectivity index (χ3v) is 6.19. The number of hydrogen-bond acceptors (Lipinski definition) is 6. The molecule has 1 unspecified atom stereocenters. The van der Waals surface area contributed by atoms with Crippen molar-refractivity contribution in [2.24, 2.45) is 5.41 Å². The highest BCUT2D eigenvalue weighted by atomic mass is 32.1. The Bertz CT molecular complexity index is 1020. The smallest absolute Gasteiger partial charge is 0.419 e. The number of nitrogens with one attached hydrogen (secondary N) is 2. The van der Waals surface area contributed by atoms with Crippen LogP contribution in [0.1, 0.15) is 44.1 Å². The van der Waals surface area contributed by atoms with E-state index < -0.39 is 6.09 Å². The topological polar surface area (TPSA) is 115 Å². The molecule has 0 bridgehead atoms. The van der Waals surface area contributed by atoms with E-state index in [0.717, 1.165) is 23.3 Å². The van der Waals surface area contributed by atoms with Gasteiger partial charge in [-0.1, -0.05) is 20.8 Å². The minimum absolute atomic E-state index is 0.0471. The normalized spacial score (nSPS) is 17.2. The van der Waals surface area contributed by atoms with E-state index in [0.29, 0.717) is 29.9 Å². The Labute approximate surface area is 172 Å². The zero-order valence-electron chi connectivity index (χ0n) is 17.2. The number of aromatic nitrogens is 2. The van der Waals surface area contributed by atoms with Crippen LogP contribution < -0.4 is 22.1 Å². The minimum atomic E-state index is -1.19. The lowest BCUT2D eigenvalue weighted by Crippen LogP contribution is -2.43. The molecular weight excluding hydrogens is 396 g/mol. The second kappa shape index (κ2) is 8.29. The van der Waals surface area contributed by atoms with Crippen molar-refractivity contribution >= 4 is 27.6 Å². The average Bonchev–Trinajstić information content (AvgIpc) is 3.23. The zero-order chi connectivity index (χ0) is 21.3. The Morgan fingerprint density at radius 2 is 2.03 bits per heavy atom. The number of carbonyl (C=O) groups is 1. The average molecular weight is 425 g/mol. The van der Waals surface area contributed by atoms with Crippen molar-refractivity contribution in [1.29, 1.82) is 0 Å². The molecular formula is C19H28N4O5S. The number of ether oxygens (including phenoxy) is 1. The fourth-order valence-corrected chi connectivity index (χ4v) is 4.81. The summed E-state index contributed by atoms with van der Waals surface area (Å²) in [4.78, 5) is 38.6. The van der Waals surface area contributed by atoms with Crippen molar-refractivity contribution in [2.75, 3.05) is 6.61 Å². The number of thiophene rings is 1. The number of carboxylic acid groups (broad SMARTS) is 1. The number of aryl methyl sites for hydroxylation is 1. The van der Waals surface area contributed by atoms with Gasteiger partial charge in [0.2, 0.25) is 0 Å². The summed E-state index contributed by atoms with van der Waals surface area (Å²) in [6.45, 7) is 9.42. The molecule has 0 spiro atoms. The molecule has 1 amide bonds. The van der Waals surface area contributed by atoms with Gasteiger partial charge in [-0.15, -0.1) is 11.3 Å². The summed E-state index contributed by atoms with van der Waals surface area (Å²) in [7, 11) is 0. The number of fused-ring (bicyclic) bond motifs is 1. The molecule has 10 heteroatoms. The Kier molecular flexibility index (Phi) is 6.16. The fraction of sp³-hybridized carbons (Fsp3) is 0.632. The highest BCUT2D eigenvalue weighted by Gasteiger charge is 2.25. The third kappa shape index (κ3) is 4.71. The SMILES string of the molecule is Cc1c(CNNC(=O)O)sc2c1c(=O)n(CC(C)(C)C)c(=O)n2CC1CCCO1. The molecule has 0 saturated carbocycles. The van der Waals surface area contributed by atoms with Gasteiger partial charge >= 0.3 is 11.8 Å². The molecule has 0 radical (unpaired) electrons. The minimum Gasteiger partial charge on any atom is -0.464 e. The first kappa shape index (κ1) is 21.5. The summed E-state index contributed by atoms with van der Waals surface area (Å²) < 4.78 is 8.71. The van der Waals surface area contributed by atoms with Gasteiger partial charge < -0.3 is 9.84 Å². The molecule has 1 aliphatic heterocycles. The lowest BCUT2D eigenvalue weighted by molar-refractivity contribution is 0.0964. The van der Waals surface area contributed by atoms with E-state index in [-0.39, 0.29) is 29.3 Å². The molecule has 9 nitrogen and oxygen atoms in total. The summed E-state index contributed by atoms with van der Waals surface area (Å²) in [6, 6.07) is 0. The summed E-state index contributed by atoms with van der Waals surface area (Å²) in [5.41, 5.74) is 4.64. The highest BCUT2D eigenvalue weighted by Crippen LogP contribution is 2.29. The lowest BCUT2D eigenvalue weighted by atomic mass is 9.97. The van der Waals surface area contributed by atoms with Gasteiger partial charge in [-0.3, -0.25) is 19.4 Å². The van der Waals surface area contributed by atoms with Crippen LogP contribution in [0.4, 0.5) is 4.79 Å². The summed E-state index contributed by atoms with van der Waals surface area (Å²) in [5.74, 6) is 0. The third-order valence-electron chi connectivity index (χ3n) is 4.88. The van der Waals surface area contributed by atoms with Crippen LogP contribution in [0.3, 0.4) is 0 Å². The Morgan fingerprint density at radius 3 is 2.62 bits per heavy atom. The molecule has 3 N–H and O–H groups in total. The molecule has 3 rings (SSSR count). The number of rotatable bonds is 6. The van der Waals surface area contributed by atoms with Crippen LogP contribution >= 0.6 is 11.3 Å². The largest absolute Gasteiger partial charge is 0.464 e. The van der Waals surface area contributed by atoms with Gasteiger partial charge in [-0.25, -0.2) is 15.0 Å². The molecule has 1 atom stereocenters. The number of nitrogens with zero attached hydrogens (tertiary/aromatic N) is 2. The van der Waals surface area contributed by atoms with E-state index in [1.807, 2.05) is 27.7 Å². The highest BCUT2D eigenvalue weighted by molar-refractivity contribution is 7.18. The van der Waals surface area contributed by atoms with E-state index in [1.54, 1.807) is 4.57 Å². The van der Waals surface area contributed by atoms with Gasteiger partial charge in [-0.2, -0.15) is 0 Å². The van der Waals surface area contributed by atoms with Crippen molar-refractivity contribution in [3.05, 3.63) is 31.3 Å². The van der Waals surface area contributed by atoms with E-state index in [4.69, 9.17) is 9.84 Å². The molecule has 3 heterocycles. The summed E-state index contributed by atoms with van der Waals surface area (Å²) in [5, 5.41) is 9.26. The quantitative estimate of drug-likeness (QED) is 0.612. The first-order chi connectivity index (χ1) is 13.6. The Morgan fingerprint density at radius 1 is 1.31 bits per heavy atom. The van der Waals surface area contributed by atoms with E-state index >= 15 is 0 Å². The van der Waals surface area contributed by atoms with Crippen LogP contribution in [0, 0.1) is 12.3 Å². The molecule has 0 aromatic carbocycles. The van der Waals surface area contributed by atoms with E-state index in [2.05, 4.69) is 10.9 Å². The first-order valence-electron chi connectivity index (χ1n) is 9.67. The number of hydrogen-bond donors (Lipinski definition) is 3. The van der Waals surface area contributed by atoms with Gasteiger partial charge in [-0.05, 0) is 30.7 Å². The molecule has 29 heavy (non-hydrogen) atoms. The molecule has 160 valence electrons. The number of hydrazine groups is 1. The summed E-state index contributed by atoms with van der Waals surface area (Å²) in [6.07, 6.45) is 0.609. The second-order valence-corrected chi connectivity index (χ2v) is 9.68. The van der Waals surface area contributed by atoms with Crippen LogP contribution in [-0.4, -0.2) is 33.0 Å². The van der Waals surface area contributed by atoms with Gasteiger partial charge in [0.15, 0.2) is 0 Å². The van der Waals surface area contributed by atoms with E-state index in [9.17, 15) is 14.4 Å². The maximum atomic E-state index is 13.3. The van der Waals surface area contributed by atoms with Crippen LogP contribution in [0.2, 0.25) is 0 Å². The monoisotopic (exact) mass is 424 g/mol. The van der Waals surface area contributed by atoms with Crippen LogP contribution in [0.25, 0.3) is 10.2 Å². The standard InChI is InChI=1S/C19H28N4O5S/c1-11-13(8-20-21-17(25)26)29-16-14(11)15(24)23(10-19(2,3)4)18(27)22(16)9-12-6-5-7-28-12/h12,20-21H,5-10H2,1-4H3,(H,25,26). The van der Waals surface area contributed by atoms with E-state index in [1.165, 1.54) is 15.9 Å². The van der Waals surface area contributed by atoms with Gasteiger partial charge in [0.1, 0.15) is 4.83 Å². The van der Waals surface area contributed by atoms with Gasteiger partial charge in [0.25, 0.3) is 5.56 Å². The van der Waals surface area contributed by atoms with Crippen molar-refractivity contribution in [3.63, 3.8) is 0 Å². The maximum Gasteiger partial charge on any atom is 0.419 e. The summed E-state index contributed by atoms with van der Waals surface area (Å²) >= 11 is 1.34. The van der Waals surface area contributed by atoms with Gasteiger partial charge in [0, 0.05) is 24.6 Å². The first-order valence-corrected chi connectivity index (χ1v) is 10.5. The van der Waals surface area contributed by atoms with Gasteiger partial charge in [0.05, 0.1) is 18.0 Å². The maximum absolute atomic E-state index is 13.3. The molecule has 2 aromatic heterocycles. The van der Waals surface area contributed by atoms with Crippen molar-refractivity contribution < 1.29 is 14.6 Å². The Hall–Kier alpha value is -2.17.